The Morgan fingerprint density at radius 1 is 1.00 bits per heavy atom. The first kappa shape index (κ1) is 18.9. The minimum absolute atomic E-state index is 0.122. The monoisotopic (exact) mass is 412 g/mol. The fourth-order valence-corrected chi connectivity index (χ4v) is 6.71. The molecule has 0 atom stereocenters. The van der Waals surface area contributed by atoms with Gasteiger partial charge >= 0.3 is 5.91 Å². The molecule has 5 saturated carbocycles. The van der Waals surface area contributed by atoms with Gasteiger partial charge in [0.05, 0.1) is 0 Å². The minimum atomic E-state index is -0.641. The summed E-state index contributed by atoms with van der Waals surface area (Å²) >= 11 is 0. The van der Waals surface area contributed by atoms with Gasteiger partial charge in [0, 0.05) is 42.5 Å². The second kappa shape index (κ2) is 7.11. The van der Waals surface area contributed by atoms with Gasteiger partial charge in [-0.2, -0.15) is 19.4 Å². The Morgan fingerprint density at radius 2 is 1.67 bits per heavy atom. The second-order valence-electron chi connectivity index (χ2n) is 9.97. The Morgan fingerprint density at radius 3 is 2.33 bits per heavy atom. The van der Waals surface area contributed by atoms with Crippen molar-refractivity contribution in [3.05, 3.63) is 30.6 Å². The van der Waals surface area contributed by atoms with Gasteiger partial charge < -0.3 is 4.74 Å². The quantitative estimate of drug-likeness (QED) is 0.471. The summed E-state index contributed by atoms with van der Waals surface area (Å²) in [6.45, 7) is 0.259. The van der Waals surface area contributed by atoms with Gasteiger partial charge in [-0.1, -0.05) is 6.07 Å². The van der Waals surface area contributed by atoms with Crippen molar-refractivity contribution in [1.29, 1.82) is 0 Å². The number of carbonyl (C=O) groups is 1. The van der Waals surface area contributed by atoms with Crippen LogP contribution in [0.1, 0.15) is 57.8 Å². The highest BCUT2D eigenvalue weighted by Crippen LogP contribution is 2.63. The minimum Gasteiger partial charge on any atom is -0.312 e. The van der Waals surface area contributed by atoms with E-state index in [4.69, 9.17) is 14.5 Å². The fraction of sp³-hybridized carbons (Fsp3) is 0.696. The number of carbonyl (C=O) groups excluding carboxylic acids is 1. The molecule has 0 aromatic carbocycles. The highest BCUT2D eigenvalue weighted by molar-refractivity contribution is 5.86. The molecular weight excluding hydrogens is 382 g/mol. The van der Waals surface area contributed by atoms with Crippen molar-refractivity contribution < 1.29 is 23.9 Å². The number of nitrogens with zero attached hydrogens (tertiary/aromatic N) is 2. The van der Waals surface area contributed by atoms with Gasteiger partial charge in [0.25, 0.3) is 0 Å². The van der Waals surface area contributed by atoms with E-state index in [1.165, 1.54) is 32.1 Å². The van der Waals surface area contributed by atoms with Crippen LogP contribution in [0.25, 0.3) is 0 Å². The van der Waals surface area contributed by atoms with E-state index in [2.05, 4.69) is 10.5 Å². The number of nitrogens with one attached hydrogen (secondary N) is 1. The van der Waals surface area contributed by atoms with Crippen molar-refractivity contribution in [2.24, 2.45) is 28.8 Å². The van der Waals surface area contributed by atoms with Crippen LogP contribution in [0, 0.1) is 23.7 Å². The molecule has 6 fully saturated rings. The highest BCUT2D eigenvalue weighted by Gasteiger charge is 2.66. The topological polar surface area (TPSA) is 73.0 Å². The van der Waals surface area contributed by atoms with Crippen LogP contribution in [0.5, 0.6) is 0 Å². The fourth-order valence-electron chi connectivity index (χ4n) is 6.71. The van der Waals surface area contributed by atoms with Crippen LogP contribution >= 0.6 is 0 Å². The van der Waals surface area contributed by atoms with Crippen LogP contribution in [-0.2, 0) is 25.9 Å². The predicted molar refractivity (Wildman–Crippen MR) is 106 cm³/mol. The number of hydrogen-bond acceptors (Lipinski definition) is 5. The third kappa shape index (κ3) is 3.18. The summed E-state index contributed by atoms with van der Waals surface area (Å²) in [4.78, 5) is 24.2. The number of hydrazone groups is 1. The average Bonchev–Trinajstić information content (AvgIpc) is 3.12. The lowest BCUT2D eigenvalue weighted by Gasteiger charge is -2.57. The van der Waals surface area contributed by atoms with E-state index in [1.807, 2.05) is 35.2 Å². The normalized spacial score (nSPS) is 41.5. The summed E-state index contributed by atoms with van der Waals surface area (Å²) in [5.74, 6) is 1.43. The maximum atomic E-state index is 12.1. The molecule has 0 radical (unpaired) electrons. The molecule has 2 heterocycles. The van der Waals surface area contributed by atoms with Crippen molar-refractivity contribution in [3.63, 3.8) is 0 Å². The molecule has 6 aliphatic rings. The van der Waals surface area contributed by atoms with Gasteiger partial charge in [0.1, 0.15) is 0 Å². The van der Waals surface area contributed by atoms with Crippen LogP contribution in [0.15, 0.2) is 35.7 Å². The first-order valence-electron chi connectivity index (χ1n) is 11.5. The number of hydrogen-bond donors (Lipinski definition) is 1. The molecule has 1 aromatic heterocycles. The maximum Gasteiger partial charge on any atom is 0.305 e. The Hall–Kier alpha value is -1.83. The van der Waals surface area contributed by atoms with Crippen LogP contribution in [0.3, 0.4) is 0 Å². The molecule has 5 aliphatic carbocycles. The van der Waals surface area contributed by atoms with Crippen molar-refractivity contribution >= 4 is 11.6 Å². The lowest BCUT2D eigenvalue weighted by atomic mass is 9.53. The molecule has 0 unspecified atom stereocenters. The molecule has 1 N–H and O–H groups in total. The smallest absolute Gasteiger partial charge is 0.305 e. The molecule has 1 saturated heterocycles. The van der Waals surface area contributed by atoms with Gasteiger partial charge in [0.2, 0.25) is 18.1 Å². The molecular formula is C23H30N3O4+. The highest BCUT2D eigenvalue weighted by atomic mass is 17.3. The van der Waals surface area contributed by atoms with E-state index in [0.717, 1.165) is 43.2 Å². The number of amides is 1. The molecule has 7 nitrogen and oxygen atoms in total. The molecule has 1 aromatic rings. The third-order valence-electron chi connectivity index (χ3n) is 7.98. The lowest BCUT2D eigenvalue weighted by molar-refractivity contribution is -0.684. The van der Waals surface area contributed by atoms with Crippen molar-refractivity contribution in [2.45, 2.75) is 75.9 Å². The Balaban J connectivity index is 1.06. The van der Waals surface area contributed by atoms with Crippen molar-refractivity contribution in [1.82, 2.24) is 5.43 Å². The van der Waals surface area contributed by atoms with E-state index in [1.54, 1.807) is 0 Å². The lowest BCUT2D eigenvalue weighted by Crippen LogP contribution is -2.59. The van der Waals surface area contributed by atoms with Crippen LogP contribution in [-0.4, -0.2) is 23.2 Å². The zero-order chi connectivity index (χ0) is 20.2. The number of aromatic nitrogens is 1. The summed E-state index contributed by atoms with van der Waals surface area (Å²) < 4.78 is 8.54. The number of ether oxygens (including phenoxy) is 1. The Kier molecular flexibility index (Phi) is 4.48. The van der Waals surface area contributed by atoms with Crippen molar-refractivity contribution in [3.8, 4) is 0 Å². The van der Waals surface area contributed by atoms with Gasteiger partial charge in [-0.05, 0) is 56.8 Å². The standard InChI is InChI=1S/C23H29N3O4/c27-21(15-26-8-2-1-3-9-26)25-24-20-4-6-22(7-5-20)28-23(30-29-22)18-11-16-10-17(13-18)14-19(23)12-16/h1-3,8-9,16-19H,4-7,10-15H2/p+1. The summed E-state index contributed by atoms with van der Waals surface area (Å²) in [5, 5.41) is 4.36. The molecule has 7 heteroatoms. The molecule has 4 bridgehead atoms. The van der Waals surface area contributed by atoms with Gasteiger partial charge in [-0.3, -0.25) is 4.79 Å². The summed E-state index contributed by atoms with van der Waals surface area (Å²) in [5.41, 5.74) is 3.69. The summed E-state index contributed by atoms with van der Waals surface area (Å²) in [7, 11) is 0. The third-order valence-corrected chi connectivity index (χ3v) is 7.98. The van der Waals surface area contributed by atoms with Crippen LogP contribution in [0.4, 0.5) is 0 Å². The van der Waals surface area contributed by atoms with E-state index in [0.29, 0.717) is 11.8 Å². The first-order chi connectivity index (χ1) is 14.6. The van der Waals surface area contributed by atoms with Gasteiger partial charge in [0.15, 0.2) is 12.4 Å². The van der Waals surface area contributed by atoms with E-state index in [9.17, 15) is 4.79 Å². The van der Waals surface area contributed by atoms with E-state index in [-0.39, 0.29) is 12.5 Å². The van der Waals surface area contributed by atoms with E-state index >= 15 is 0 Å². The number of pyridine rings is 1. The van der Waals surface area contributed by atoms with Crippen LogP contribution in [0.2, 0.25) is 0 Å². The zero-order valence-corrected chi connectivity index (χ0v) is 17.3. The summed E-state index contributed by atoms with van der Waals surface area (Å²) in [6.07, 6.45) is 13.0. The van der Waals surface area contributed by atoms with Crippen molar-refractivity contribution in [2.75, 3.05) is 0 Å². The Labute approximate surface area is 176 Å². The number of rotatable bonds is 3. The largest absolute Gasteiger partial charge is 0.312 e. The SMILES string of the molecule is O=C(C[n+]1ccccc1)NN=C1CCC2(CC1)OOC1(O2)C2CC3CC(C2)CC1C3. The molecule has 160 valence electrons. The van der Waals surface area contributed by atoms with E-state index < -0.39 is 11.6 Å². The zero-order valence-electron chi connectivity index (χ0n) is 17.3. The molecule has 2 spiro atoms. The molecule has 1 amide bonds. The maximum absolute atomic E-state index is 12.1. The second-order valence-corrected chi connectivity index (χ2v) is 9.97. The van der Waals surface area contributed by atoms with Gasteiger partial charge in [-0.15, -0.1) is 0 Å². The first-order valence-corrected chi connectivity index (χ1v) is 11.5. The molecule has 7 rings (SSSR count). The predicted octanol–water partition coefficient (Wildman–Crippen LogP) is 2.85. The average molecular weight is 413 g/mol. The molecule has 1 aliphatic heterocycles. The van der Waals surface area contributed by atoms with Gasteiger partial charge in [-0.25, -0.2) is 5.43 Å². The van der Waals surface area contributed by atoms with Crippen LogP contribution < -0.4 is 9.99 Å². The molecule has 30 heavy (non-hydrogen) atoms. The Bertz CT molecular complexity index is 817. The summed E-state index contributed by atoms with van der Waals surface area (Å²) in [6, 6.07) is 5.73.